The van der Waals surface area contributed by atoms with Crippen LogP contribution in [0.5, 0.6) is 0 Å². The molecule has 0 aliphatic heterocycles. The molecule has 0 bridgehead atoms. The summed E-state index contributed by atoms with van der Waals surface area (Å²) in [5.74, 6) is 0.730. The highest BCUT2D eigenvalue weighted by Crippen LogP contribution is 2.60. The number of amides is 1. The SMILES string of the molecule is CC(C)C(C(=O)NCC1(C2CC2)CC1)C(N)=S. The third-order valence-electron chi connectivity index (χ3n) is 4.21. The average molecular weight is 254 g/mol. The second-order valence-corrected chi connectivity index (χ2v) is 6.45. The molecule has 0 heterocycles. The molecular weight excluding hydrogens is 232 g/mol. The van der Waals surface area contributed by atoms with Gasteiger partial charge in [-0.2, -0.15) is 0 Å². The van der Waals surface area contributed by atoms with Gasteiger partial charge >= 0.3 is 0 Å². The Morgan fingerprint density at radius 2 is 2.06 bits per heavy atom. The van der Waals surface area contributed by atoms with Crippen LogP contribution in [0, 0.1) is 23.2 Å². The van der Waals surface area contributed by atoms with Crippen LogP contribution >= 0.6 is 12.2 Å². The van der Waals surface area contributed by atoms with Gasteiger partial charge in [0.1, 0.15) is 0 Å². The Bertz CT molecular complexity index is 332. The van der Waals surface area contributed by atoms with E-state index in [0.717, 1.165) is 12.5 Å². The fraction of sp³-hybridized carbons (Fsp3) is 0.846. The standard InChI is InChI=1S/C13H22N2OS/c1-8(2)10(11(14)17)12(16)15-7-13(5-6-13)9-3-4-9/h8-10H,3-7H2,1-2H3,(H2,14,17)(H,15,16). The van der Waals surface area contributed by atoms with E-state index < -0.39 is 0 Å². The lowest BCUT2D eigenvalue weighted by Crippen LogP contribution is -2.43. The van der Waals surface area contributed by atoms with Crippen molar-refractivity contribution in [1.82, 2.24) is 5.32 Å². The maximum Gasteiger partial charge on any atom is 0.230 e. The summed E-state index contributed by atoms with van der Waals surface area (Å²) in [5.41, 5.74) is 6.07. The van der Waals surface area contributed by atoms with Crippen LogP contribution < -0.4 is 11.1 Å². The Morgan fingerprint density at radius 3 is 2.41 bits per heavy atom. The van der Waals surface area contributed by atoms with E-state index in [1.165, 1.54) is 25.7 Å². The lowest BCUT2D eigenvalue weighted by Gasteiger charge is -2.21. The number of nitrogens with two attached hydrogens (primary N) is 1. The minimum absolute atomic E-state index is 0.0134. The first-order valence-electron chi connectivity index (χ1n) is 6.53. The minimum Gasteiger partial charge on any atom is -0.393 e. The van der Waals surface area contributed by atoms with Crippen molar-refractivity contribution < 1.29 is 4.79 Å². The highest BCUT2D eigenvalue weighted by atomic mass is 32.1. The van der Waals surface area contributed by atoms with E-state index in [0.29, 0.717) is 10.4 Å². The third-order valence-corrected chi connectivity index (χ3v) is 4.46. The molecule has 0 spiro atoms. The third kappa shape index (κ3) is 2.79. The van der Waals surface area contributed by atoms with Gasteiger partial charge in [0.25, 0.3) is 0 Å². The molecule has 1 atom stereocenters. The normalized spacial score (nSPS) is 23.2. The lowest BCUT2D eigenvalue weighted by atomic mass is 9.94. The molecule has 4 heteroatoms. The monoisotopic (exact) mass is 254 g/mol. The molecule has 0 saturated heterocycles. The molecule has 2 saturated carbocycles. The molecule has 2 fully saturated rings. The molecule has 0 aromatic rings. The molecule has 2 rings (SSSR count). The Hall–Kier alpha value is -0.640. The summed E-state index contributed by atoms with van der Waals surface area (Å²) in [6.45, 7) is 4.79. The predicted molar refractivity (Wildman–Crippen MR) is 72.5 cm³/mol. The van der Waals surface area contributed by atoms with Gasteiger partial charge in [0.2, 0.25) is 5.91 Å². The molecule has 0 radical (unpaired) electrons. The first kappa shape index (κ1) is 12.8. The van der Waals surface area contributed by atoms with Gasteiger partial charge < -0.3 is 11.1 Å². The van der Waals surface area contributed by atoms with E-state index in [1.807, 2.05) is 13.8 Å². The molecular formula is C13H22N2OS. The van der Waals surface area contributed by atoms with Crippen LogP contribution in [0.1, 0.15) is 39.5 Å². The van der Waals surface area contributed by atoms with Crippen LogP contribution in [0.2, 0.25) is 0 Å². The first-order valence-corrected chi connectivity index (χ1v) is 6.94. The van der Waals surface area contributed by atoms with Crippen molar-refractivity contribution in [3.8, 4) is 0 Å². The molecule has 1 unspecified atom stereocenters. The zero-order valence-electron chi connectivity index (χ0n) is 10.7. The Morgan fingerprint density at radius 1 is 1.47 bits per heavy atom. The Labute approximate surface area is 109 Å². The molecule has 1 amide bonds. The summed E-state index contributed by atoms with van der Waals surface area (Å²) in [6, 6.07) is 0. The number of hydrogen-bond acceptors (Lipinski definition) is 2. The number of thiocarbonyl (C=S) groups is 1. The van der Waals surface area contributed by atoms with Crippen molar-refractivity contribution in [2.24, 2.45) is 28.9 Å². The highest BCUT2D eigenvalue weighted by Gasteiger charge is 2.53. The van der Waals surface area contributed by atoms with Crippen LogP contribution in [0.3, 0.4) is 0 Å². The van der Waals surface area contributed by atoms with Gasteiger partial charge in [0.05, 0.1) is 10.9 Å². The van der Waals surface area contributed by atoms with Crippen LogP contribution in [0.25, 0.3) is 0 Å². The topological polar surface area (TPSA) is 55.1 Å². The van der Waals surface area contributed by atoms with Crippen molar-refractivity contribution in [1.29, 1.82) is 0 Å². The number of rotatable bonds is 6. The molecule has 17 heavy (non-hydrogen) atoms. The summed E-state index contributed by atoms with van der Waals surface area (Å²) in [4.78, 5) is 12.4. The predicted octanol–water partition coefficient (Wildman–Crippen LogP) is 1.85. The van der Waals surface area contributed by atoms with Gasteiger partial charge in [0.15, 0.2) is 0 Å². The summed E-state index contributed by atoms with van der Waals surface area (Å²) in [5, 5.41) is 3.06. The Balaban J connectivity index is 1.85. The van der Waals surface area contributed by atoms with E-state index in [-0.39, 0.29) is 17.7 Å². The van der Waals surface area contributed by atoms with Gasteiger partial charge in [0, 0.05) is 6.54 Å². The highest BCUT2D eigenvalue weighted by molar-refractivity contribution is 7.80. The van der Waals surface area contributed by atoms with Gasteiger partial charge in [-0.05, 0) is 42.9 Å². The summed E-state index contributed by atoms with van der Waals surface area (Å²) < 4.78 is 0. The molecule has 2 aliphatic carbocycles. The number of carbonyl (C=O) groups excluding carboxylic acids is 1. The van der Waals surface area contributed by atoms with Crippen molar-refractivity contribution in [3.05, 3.63) is 0 Å². The van der Waals surface area contributed by atoms with Crippen molar-refractivity contribution in [2.75, 3.05) is 6.54 Å². The summed E-state index contributed by atoms with van der Waals surface area (Å²) >= 11 is 4.97. The summed E-state index contributed by atoms with van der Waals surface area (Å²) in [7, 11) is 0. The van der Waals surface area contributed by atoms with Crippen molar-refractivity contribution >= 4 is 23.1 Å². The number of hydrogen-bond donors (Lipinski definition) is 2. The smallest absolute Gasteiger partial charge is 0.230 e. The lowest BCUT2D eigenvalue weighted by molar-refractivity contribution is -0.124. The van der Waals surface area contributed by atoms with Gasteiger partial charge in [-0.1, -0.05) is 26.1 Å². The molecule has 2 aliphatic rings. The minimum atomic E-state index is -0.319. The quantitative estimate of drug-likeness (QED) is 0.711. The van der Waals surface area contributed by atoms with E-state index in [9.17, 15) is 4.79 Å². The molecule has 3 nitrogen and oxygen atoms in total. The van der Waals surface area contributed by atoms with Crippen LogP contribution in [-0.4, -0.2) is 17.4 Å². The Kier molecular flexibility index (Phi) is 3.43. The van der Waals surface area contributed by atoms with Gasteiger partial charge in [-0.25, -0.2) is 0 Å². The van der Waals surface area contributed by atoms with Crippen molar-refractivity contribution in [2.45, 2.75) is 39.5 Å². The molecule has 96 valence electrons. The van der Waals surface area contributed by atoms with E-state index in [2.05, 4.69) is 5.32 Å². The second kappa shape index (κ2) is 4.56. The van der Waals surface area contributed by atoms with E-state index in [4.69, 9.17) is 18.0 Å². The second-order valence-electron chi connectivity index (χ2n) is 5.98. The van der Waals surface area contributed by atoms with Gasteiger partial charge in [-0.15, -0.1) is 0 Å². The fourth-order valence-electron chi connectivity index (χ4n) is 2.72. The largest absolute Gasteiger partial charge is 0.393 e. The maximum atomic E-state index is 12.1. The van der Waals surface area contributed by atoms with E-state index >= 15 is 0 Å². The number of nitrogens with one attached hydrogen (secondary N) is 1. The number of carbonyl (C=O) groups is 1. The van der Waals surface area contributed by atoms with Crippen LogP contribution in [0.4, 0.5) is 0 Å². The van der Waals surface area contributed by atoms with Crippen LogP contribution in [-0.2, 0) is 4.79 Å². The first-order chi connectivity index (χ1) is 7.96. The fourth-order valence-corrected chi connectivity index (χ4v) is 3.10. The van der Waals surface area contributed by atoms with E-state index in [1.54, 1.807) is 0 Å². The maximum absolute atomic E-state index is 12.1. The molecule has 0 aromatic heterocycles. The zero-order valence-corrected chi connectivity index (χ0v) is 11.5. The summed E-state index contributed by atoms with van der Waals surface area (Å²) in [6.07, 6.45) is 5.24. The van der Waals surface area contributed by atoms with Gasteiger partial charge in [-0.3, -0.25) is 4.79 Å². The zero-order chi connectivity index (χ0) is 12.6. The molecule has 0 aromatic carbocycles. The van der Waals surface area contributed by atoms with Crippen LogP contribution in [0.15, 0.2) is 0 Å². The van der Waals surface area contributed by atoms with Crippen molar-refractivity contribution in [3.63, 3.8) is 0 Å². The molecule has 3 N–H and O–H groups in total. The average Bonchev–Trinajstić information content (AvgIpc) is 3.07.